The second-order valence-electron chi connectivity index (χ2n) is 7.12. The summed E-state index contributed by atoms with van der Waals surface area (Å²) in [6.45, 7) is 6.16. The number of furan rings is 1. The summed E-state index contributed by atoms with van der Waals surface area (Å²) in [6.07, 6.45) is 9.04. The molecule has 0 spiro atoms. The van der Waals surface area contributed by atoms with Crippen molar-refractivity contribution < 1.29 is 13.9 Å². The van der Waals surface area contributed by atoms with Crippen LogP contribution in [0.15, 0.2) is 53.2 Å². The Morgan fingerprint density at radius 2 is 2.00 bits per heavy atom. The minimum Gasteiger partial charge on any atom is -0.493 e. The van der Waals surface area contributed by atoms with Crippen LogP contribution in [-0.2, 0) is 6.42 Å². The van der Waals surface area contributed by atoms with Crippen LogP contribution < -0.4 is 9.47 Å². The van der Waals surface area contributed by atoms with E-state index < -0.39 is 0 Å². The van der Waals surface area contributed by atoms with Gasteiger partial charge in [-0.25, -0.2) is 0 Å². The van der Waals surface area contributed by atoms with E-state index >= 15 is 0 Å². The molecule has 1 aromatic carbocycles. The first kappa shape index (κ1) is 19.9. The Balaban J connectivity index is 0.000000253. The van der Waals surface area contributed by atoms with Gasteiger partial charge in [0, 0.05) is 17.4 Å². The molecule has 146 valence electrons. The van der Waals surface area contributed by atoms with Crippen LogP contribution in [-0.4, -0.2) is 19.0 Å². The zero-order chi connectivity index (χ0) is 19.1. The molecule has 1 atom stereocenters. The third kappa shape index (κ3) is 5.58. The molecule has 4 rings (SSSR count). The molecule has 1 aliphatic carbocycles. The maximum atomic E-state index is 6.17. The summed E-state index contributed by atoms with van der Waals surface area (Å²) in [5.41, 5.74) is 2.68. The predicted octanol–water partition coefficient (Wildman–Crippen LogP) is 6.59. The summed E-state index contributed by atoms with van der Waals surface area (Å²) in [4.78, 5) is 0. The van der Waals surface area contributed by atoms with E-state index in [-0.39, 0.29) is 0 Å². The minimum absolute atomic E-state index is 0.366. The lowest BCUT2D eigenvalue weighted by Crippen LogP contribution is -2.11. The highest BCUT2D eigenvalue weighted by Crippen LogP contribution is 2.44. The molecule has 27 heavy (non-hydrogen) atoms. The monoisotopic (exact) mass is 386 g/mol. The molecule has 2 fully saturated rings. The van der Waals surface area contributed by atoms with E-state index in [2.05, 4.69) is 25.6 Å². The smallest absolute Gasteiger partial charge is 0.161 e. The molecule has 1 saturated heterocycles. The average Bonchev–Trinajstić information content (AvgIpc) is 3.45. The van der Waals surface area contributed by atoms with Crippen molar-refractivity contribution in [3.8, 4) is 11.5 Å². The quantitative estimate of drug-likeness (QED) is 0.542. The zero-order valence-electron chi connectivity index (χ0n) is 16.4. The minimum atomic E-state index is 0.366. The summed E-state index contributed by atoms with van der Waals surface area (Å²) in [6, 6.07) is 10.3. The summed E-state index contributed by atoms with van der Waals surface area (Å²) < 4.78 is 16.6. The molecule has 0 amide bonds. The van der Waals surface area contributed by atoms with Gasteiger partial charge in [-0.05, 0) is 61.9 Å². The highest BCUT2D eigenvalue weighted by atomic mass is 32.2. The highest BCUT2D eigenvalue weighted by molar-refractivity contribution is 8.00. The summed E-state index contributed by atoms with van der Waals surface area (Å²) >= 11 is 1.97. The van der Waals surface area contributed by atoms with E-state index in [9.17, 15) is 0 Å². The maximum absolute atomic E-state index is 6.17. The Bertz CT molecular complexity index is 717. The lowest BCUT2D eigenvalue weighted by Gasteiger charge is -2.18. The van der Waals surface area contributed by atoms with Gasteiger partial charge >= 0.3 is 0 Å². The van der Waals surface area contributed by atoms with E-state index in [0.29, 0.717) is 11.4 Å². The second-order valence-corrected chi connectivity index (χ2v) is 8.31. The number of aryl methyl sites for hydroxylation is 1. The van der Waals surface area contributed by atoms with Crippen LogP contribution in [0.1, 0.15) is 55.6 Å². The molecule has 0 radical (unpaired) electrons. The lowest BCUT2D eigenvalue weighted by molar-refractivity contribution is 0.200. The van der Waals surface area contributed by atoms with Crippen molar-refractivity contribution in [2.24, 2.45) is 0 Å². The topological polar surface area (TPSA) is 31.6 Å². The van der Waals surface area contributed by atoms with Gasteiger partial charge in [0.25, 0.3) is 0 Å². The van der Waals surface area contributed by atoms with Crippen molar-refractivity contribution >= 4 is 11.8 Å². The molecule has 1 aliphatic heterocycles. The molecule has 2 aliphatic rings. The summed E-state index contributed by atoms with van der Waals surface area (Å²) in [5.74, 6) is 3.90. The molecule has 1 aromatic heterocycles. The van der Waals surface area contributed by atoms with Crippen molar-refractivity contribution in [1.29, 1.82) is 0 Å². The van der Waals surface area contributed by atoms with Gasteiger partial charge in [0.2, 0.25) is 0 Å². The Morgan fingerprint density at radius 1 is 1.19 bits per heavy atom. The van der Waals surface area contributed by atoms with Crippen molar-refractivity contribution in [3.63, 3.8) is 0 Å². The van der Waals surface area contributed by atoms with Crippen LogP contribution in [0.4, 0.5) is 0 Å². The summed E-state index contributed by atoms with van der Waals surface area (Å²) in [5, 5.41) is 0.527. The maximum Gasteiger partial charge on any atom is 0.161 e. The fourth-order valence-electron chi connectivity index (χ4n) is 3.50. The van der Waals surface area contributed by atoms with Crippen molar-refractivity contribution in [2.75, 3.05) is 12.9 Å². The molecule has 0 N–H and O–H groups in total. The standard InChI is InChI=1S/C17H22O2S.C6H8O/c1-12-9-17(20-11-12)13-7-8-15(18-2)16(10-13)19-14-5-3-4-6-14;1-2-6-4-3-5-7-6/h7-8,10,14,17H,1,3-6,9,11H2,2H3;3-5H,2H2,1H3. The van der Waals surface area contributed by atoms with E-state index in [4.69, 9.17) is 13.9 Å². The highest BCUT2D eigenvalue weighted by Gasteiger charge is 2.23. The van der Waals surface area contributed by atoms with Crippen molar-refractivity contribution in [3.05, 3.63) is 60.1 Å². The molecule has 2 aromatic rings. The number of rotatable bonds is 5. The molecular formula is C23H30O3S. The molecule has 0 bridgehead atoms. The van der Waals surface area contributed by atoms with E-state index in [0.717, 1.165) is 35.9 Å². The van der Waals surface area contributed by atoms with Gasteiger partial charge in [0.05, 0.1) is 19.5 Å². The Labute approximate surface area is 167 Å². The second kappa shape index (κ2) is 9.93. The van der Waals surface area contributed by atoms with Crippen LogP contribution in [0.3, 0.4) is 0 Å². The fourth-order valence-corrected chi connectivity index (χ4v) is 4.75. The van der Waals surface area contributed by atoms with E-state index in [1.165, 1.54) is 36.8 Å². The van der Waals surface area contributed by atoms with Crippen LogP contribution in [0.5, 0.6) is 11.5 Å². The lowest BCUT2D eigenvalue weighted by atomic mass is 10.1. The third-order valence-electron chi connectivity index (χ3n) is 5.05. The number of hydrogen-bond donors (Lipinski definition) is 0. The Hall–Kier alpha value is -1.81. The van der Waals surface area contributed by atoms with Crippen molar-refractivity contribution in [2.45, 2.75) is 56.8 Å². The molecule has 3 nitrogen and oxygen atoms in total. The zero-order valence-corrected chi connectivity index (χ0v) is 17.2. The summed E-state index contributed by atoms with van der Waals surface area (Å²) in [7, 11) is 1.71. The number of ether oxygens (including phenoxy) is 2. The first-order valence-electron chi connectivity index (χ1n) is 9.84. The average molecular weight is 387 g/mol. The van der Waals surface area contributed by atoms with Crippen LogP contribution in [0.25, 0.3) is 0 Å². The van der Waals surface area contributed by atoms with Gasteiger partial charge in [-0.2, -0.15) is 0 Å². The van der Waals surface area contributed by atoms with Gasteiger partial charge in [0.15, 0.2) is 11.5 Å². The molecule has 4 heteroatoms. The molecular weight excluding hydrogens is 356 g/mol. The largest absolute Gasteiger partial charge is 0.493 e. The fraction of sp³-hybridized carbons (Fsp3) is 0.478. The van der Waals surface area contributed by atoms with Crippen molar-refractivity contribution in [1.82, 2.24) is 0 Å². The van der Waals surface area contributed by atoms with E-state index in [1.807, 2.05) is 30.0 Å². The normalized spacial score (nSPS) is 19.6. The molecule has 2 heterocycles. The third-order valence-corrected chi connectivity index (χ3v) is 6.46. The van der Waals surface area contributed by atoms with Gasteiger partial charge in [-0.1, -0.05) is 25.1 Å². The van der Waals surface area contributed by atoms with Gasteiger partial charge in [0.1, 0.15) is 5.76 Å². The Kier molecular flexibility index (Phi) is 7.33. The van der Waals surface area contributed by atoms with Gasteiger partial charge in [-0.15, -0.1) is 11.8 Å². The first-order chi connectivity index (χ1) is 13.2. The van der Waals surface area contributed by atoms with Gasteiger partial charge in [-0.3, -0.25) is 0 Å². The molecule has 1 unspecified atom stereocenters. The number of thioether (sulfide) groups is 1. The SMILES string of the molecule is C=C1CSC(c2ccc(OC)c(OC3CCCC3)c2)C1.CCc1ccco1. The number of methoxy groups -OCH3 is 1. The van der Waals surface area contributed by atoms with Crippen LogP contribution in [0.2, 0.25) is 0 Å². The molecule has 1 saturated carbocycles. The van der Waals surface area contributed by atoms with Crippen LogP contribution in [0, 0.1) is 0 Å². The first-order valence-corrected chi connectivity index (χ1v) is 10.9. The number of hydrogen-bond acceptors (Lipinski definition) is 4. The van der Waals surface area contributed by atoms with Crippen LogP contribution >= 0.6 is 11.8 Å². The van der Waals surface area contributed by atoms with Gasteiger partial charge < -0.3 is 13.9 Å². The Morgan fingerprint density at radius 3 is 2.56 bits per heavy atom. The number of benzene rings is 1. The predicted molar refractivity (Wildman–Crippen MR) is 113 cm³/mol. The van der Waals surface area contributed by atoms with E-state index in [1.54, 1.807) is 13.4 Å².